The Kier molecular flexibility index (Phi) is 3.18. The highest BCUT2D eigenvalue weighted by Gasteiger charge is 2.27. The van der Waals surface area contributed by atoms with Crippen molar-refractivity contribution >= 4 is 21.7 Å². The first-order valence-corrected chi connectivity index (χ1v) is 7.75. The molecule has 0 spiro atoms. The van der Waals surface area contributed by atoms with Gasteiger partial charge >= 0.3 is 0 Å². The van der Waals surface area contributed by atoms with Gasteiger partial charge in [-0.3, -0.25) is 0 Å². The van der Waals surface area contributed by atoms with E-state index in [-0.39, 0.29) is 6.79 Å². The van der Waals surface area contributed by atoms with Crippen LogP contribution in [0.3, 0.4) is 0 Å². The summed E-state index contributed by atoms with van der Waals surface area (Å²) in [5.74, 6) is 3.90. The molecule has 2 aromatic rings. The van der Waals surface area contributed by atoms with E-state index in [0.29, 0.717) is 12.5 Å². The standard InChI is InChI=1S/C15H14BrN3O2/c16-12-6-13(19-15(18-12)9-4-5-9)17-7-10-2-1-3-11-14(10)21-8-20-11/h1-3,6,9H,4-5,7-8H2,(H,17,18,19). The van der Waals surface area contributed by atoms with Gasteiger partial charge in [-0.2, -0.15) is 0 Å². The maximum Gasteiger partial charge on any atom is 0.231 e. The minimum atomic E-state index is 0.289. The van der Waals surface area contributed by atoms with Crippen LogP contribution in [0, 0.1) is 0 Å². The zero-order valence-electron chi connectivity index (χ0n) is 11.3. The number of hydrogen-bond acceptors (Lipinski definition) is 5. The first-order valence-electron chi connectivity index (χ1n) is 6.95. The molecule has 1 fully saturated rings. The molecule has 4 rings (SSSR count). The zero-order valence-corrected chi connectivity index (χ0v) is 12.9. The van der Waals surface area contributed by atoms with E-state index >= 15 is 0 Å². The lowest BCUT2D eigenvalue weighted by atomic mass is 10.2. The zero-order chi connectivity index (χ0) is 14.2. The number of aromatic nitrogens is 2. The third-order valence-corrected chi connectivity index (χ3v) is 4.00. The fourth-order valence-electron chi connectivity index (χ4n) is 2.37. The lowest BCUT2D eigenvalue weighted by Crippen LogP contribution is -2.05. The summed E-state index contributed by atoms with van der Waals surface area (Å²) < 4.78 is 11.7. The third kappa shape index (κ3) is 2.68. The van der Waals surface area contributed by atoms with Crippen LogP contribution in [0.5, 0.6) is 11.5 Å². The number of halogens is 1. The highest BCUT2D eigenvalue weighted by molar-refractivity contribution is 9.10. The molecule has 1 aliphatic heterocycles. The number of nitrogens with zero attached hydrogens (tertiary/aromatic N) is 2. The van der Waals surface area contributed by atoms with Gasteiger partial charge in [-0.05, 0) is 34.8 Å². The van der Waals surface area contributed by atoms with Gasteiger partial charge in [-0.15, -0.1) is 0 Å². The lowest BCUT2D eigenvalue weighted by molar-refractivity contribution is 0.173. The van der Waals surface area contributed by atoms with Crippen LogP contribution in [0.15, 0.2) is 28.9 Å². The first kappa shape index (κ1) is 12.9. The van der Waals surface area contributed by atoms with Crippen molar-refractivity contribution in [2.75, 3.05) is 12.1 Å². The Bertz CT molecular complexity index is 689. The van der Waals surface area contributed by atoms with Gasteiger partial charge in [0.25, 0.3) is 0 Å². The SMILES string of the molecule is Brc1cc(NCc2cccc3c2OCO3)nc(C2CC2)n1. The van der Waals surface area contributed by atoms with Crippen LogP contribution in [0.4, 0.5) is 5.82 Å². The topological polar surface area (TPSA) is 56.3 Å². The van der Waals surface area contributed by atoms with Gasteiger partial charge in [-0.25, -0.2) is 9.97 Å². The van der Waals surface area contributed by atoms with Crippen LogP contribution in [0.2, 0.25) is 0 Å². The first-order chi connectivity index (χ1) is 10.3. The lowest BCUT2D eigenvalue weighted by Gasteiger charge is -2.09. The molecule has 1 aromatic heterocycles. The summed E-state index contributed by atoms with van der Waals surface area (Å²) in [7, 11) is 0. The van der Waals surface area contributed by atoms with E-state index in [9.17, 15) is 0 Å². The molecule has 0 amide bonds. The molecule has 0 atom stereocenters. The maximum absolute atomic E-state index is 5.51. The van der Waals surface area contributed by atoms with Gasteiger partial charge in [0.2, 0.25) is 6.79 Å². The van der Waals surface area contributed by atoms with Crippen LogP contribution in [0.1, 0.15) is 30.1 Å². The predicted octanol–water partition coefficient (Wildman–Crippen LogP) is 3.46. The molecule has 2 aliphatic rings. The largest absolute Gasteiger partial charge is 0.454 e. The monoisotopic (exact) mass is 347 g/mol. The molecule has 1 N–H and O–H groups in total. The minimum Gasteiger partial charge on any atom is -0.454 e. The van der Waals surface area contributed by atoms with Gasteiger partial charge in [0.1, 0.15) is 16.2 Å². The second kappa shape index (κ2) is 5.18. The third-order valence-electron chi connectivity index (χ3n) is 3.59. The van der Waals surface area contributed by atoms with Crippen molar-refractivity contribution in [2.45, 2.75) is 25.3 Å². The smallest absolute Gasteiger partial charge is 0.231 e. The van der Waals surface area contributed by atoms with Crippen molar-refractivity contribution < 1.29 is 9.47 Å². The summed E-state index contributed by atoms with van der Waals surface area (Å²) in [6.45, 7) is 0.928. The normalized spacial score (nSPS) is 16.0. The van der Waals surface area contributed by atoms with E-state index in [4.69, 9.17) is 9.47 Å². The Balaban J connectivity index is 1.53. The van der Waals surface area contributed by atoms with Gasteiger partial charge in [-0.1, -0.05) is 12.1 Å². The molecule has 1 aromatic carbocycles. The van der Waals surface area contributed by atoms with Crippen LogP contribution in [-0.2, 0) is 6.54 Å². The Hall–Kier alpha value is -1.82. The predicted molar refractivity (Wildman–Crippen MR) is 81.6 cm³/mol. The molecule has 108 valence electrons. The minimum absolute atomic E-state index is 0.289. The second-order valence-corrected chi connectivity index (χ2v) is 6.03. The van der Waals surface area contributed by atoms with E-state index in [1.54, 1.807) is 0 Å². The average Bonchev–Trinajstić information content (AvgIpc) is 3.22. The number of para-hydroxylation sites is 1. The van der Waals surface area contributed by atoms with Crippen molar-refractivity contribution in [1.82, 2.24) is 9.97 Å². The van der Waals surface area contributed by atoms with Gasteiger partial charge < -0.3 is 14.8 Å². The highest BCUT2D eigenvalue weighted by atomic mass is 79.9. The van der Waals surface area contributed by atoms with Crippen LogP contribution in [-0.4, -0.2) is 16.8 Å². The molecular formula is C15H14BrN3O2. The van der Waals surface area contributed by atoms with Crippen LogP contribution in [0.25, 0.3) is 0 Å². The van der Waals surface area contributed by atoms with Crippen molar-refractivity contribution in [2.24, 2.45) is 0 Å². The number of fused-ring (bicyclic) bond motifs is 1. The van der Waals surface area contributed by atoms with E-state index < -0.39 is 0 Å². The van der Waals surface area contributed by atoms with Crippen molar-refractivity contribution in [3.63, 3.8) is 0 Å². The number of ether oxygens (including phenoxy) is 2. The molecular weight excluding hydrogens is 334 g/mol. The van der Waals surface area contributed by atoms with E-state index in [1.165, 1.54) is 12.8 Å². The maximum atomic E-state index is 5.51. The summed E-state index contributed by atoms with van der Waals surface area (Å²) in [6, 6.07) is 7.80. The number of hydrogen-bond donors (Lipinski definition) is 1. The number of nitrogens with one attached hydrogen (secondary N) is 1. The Morgan fingerprint density at radius 2 is 2.14 bits per heavy atom. The molecule has 6 heteroatoms. The van der Waals surface area contributed by atoms with Crippen LogP contribution >= 0.6 is 15.9 Å². The molecule has 1 saturated carbocycles. The van der Waals surface area contributed by atoms with Gasteiger partial charge in [0.15, 0.2) is 11.5 Å². The summed E-state index contributed by atoms with van der Waals surface area (Å²) in [5.41, 5.74) is 1.06. The molecule has 0 unspecified atom stereocenters. The average molecular weight is 348 g/mol. The number of rotatable bonds is 4. The second-order valence-electron chi connectivity index (χ2n) is 5.21. The molecule has 1 aliphatic carbocycles. The Labute approximate surface area is 130 Å². The molecule has 0 bridgehead atoms. The summed E-state index contributed by atoms with van der Waals surface area (Å²) in [5, 5.41) is 3.34. The van der Waals surface area contributed by atoms with E-state index in [2.05, 4.69) is 31.2 Å². The van der Waals surface area contributed by atoms with Gasteiger partial charge in [0, 0.05) is 24.1 Å². The molecule has 0 radical (unpaired) electrons. The summed E-state index contributed by atoms with van der Waals surface area (Å²) >= 11 is 3.45. The fourth-order valence-corrected chi connectivity index (χ4v) is 2.76. The Morgan fingerprint density at radius 3 is 3.00 bits per heavy atom. The quantitative estimate of drug-likeness (QED) is 0.858. The van der Waals surface area contributed by atoms with Crippen molar-refractivity contribution in [1.29, 1.82) is 0 Å². The Morgan fingerprint density at radius 1 is 1.24 bits per heavy atom. The number of anilines is 1. The number of benzene rings is 1. The molecule has 2 heterocycles. The van der Waals surface area contributed by atoms with Crippen LogP contribution < -0.4 is 14.8 Å². The van der Waals surface area contributed by atoms with Crippen molar-refractivity contribution in [3.8, 4) is 11.5 Å². The van der Waals surface area contributed by atoms with E-state index in [1.807, 2.05) is 24.3 Å². The fraction of sp³-hybridized carbons (Fsp3) is 0.333. The summed E-state index contributed by atoms with van der Waals surface area (Å²) in [6.07, 6.45) is 2.38. The van der Waals surface area contributed by atoms with Gasteiger partial charge in [0.05, 0.1) is 0 Å². The molecule has 21 heavy (non-hydrogen) atoms. The molecule has 0 saturated heterocycles. The highest BCUT2D eigenvalue weighted by Crippen LogP contribution is 2.39. The van der Waals surface area contributed by atoms with Crippen molar-refractivity contribution in [3.05, 3.63) is 40.3 Å². The molecule has 5 nitrogen and oxygen atoms in total. The van der Waals surface area contributed by atoms with E-state index in [0.717, 1.165) is 33.3 Å². The summed E-state index contributed by atoms with van der Waals surface area (Å²) in [4.78, 5) is 9.01.